The number of aromatic nitrogens is 1. The van der Waals surface area contributed by atoms with Crippen LogP contribution in [0, 0.1) is 0 Å². The number of benzene rings is 2. The van der Waals surface area contributed by atoms with E-state index >= 15 is 0 Å². The number of amides is 3. The van der Waals surface area contributed by atoms with Crippen LogP contribution in [0.15, 0.2) is 59.1 Å². The number of nitrogens with one attached hydrogen (secondary N) is 3. The van der Waals surface area contributed by atoms with Crippen LogP contribution in [0.1, 0.15) is 29.9 Å². The van der Waals surface area contributed by atoms with Gasteiger partial charge in [0.05, 0.1) is 0 Å². The number of hydrogen-bond acceptors (Lipinski definition) is 4. The fraction of sp³-hybridized carbons (Fsp3) is 0.190. The van der Waals surface area contributed by atoms with Crippen LogP contribution < -0.4 is 16.0 Å². The van der Waals surface area contributed by atoms with Gasteiger partial charge in [0.15, 0.2) is 11.5 Å². The van der Waals surface area contributed by atoms with E-state index in [9.17, 15) is 9.59 Å². The number of anilines is 1. The number of rotatable bonds is 6. The van der Waals surface area contributed by atoms with Crippen LogP contribution in [-0.4, -0.2) is 23.1 Å². The van der Waals surface area contributed by atoms with E-state index in [0.717, 1.165) is 11.1 Å². The van der Waals surface area contributed by atoms with Gasteiger partial charge < -0.3 is 20.5 Å². The highest BCUT2D eigenvalue weighted by Crippen LogP contribution is 2.23. The lowest BCUT2D eigenvalue weighted by atomic mass is 10.1. The van der Waals surface area contributed by atoms with E-state index in [0.29, 0.717) is 23.0 Å². The van der Waals surface area contributed by atoms with Crippen LogP contribution in [0.5, 0.6) is 0 Å². The van der Waals surface area contributed by atoms with Crippen LogP contribution in [0.2, 0.25) is 5.02 Å². The maximum Gasteiger partial charge on any atom is 0.319 e. The van der Waals surface area contributed by atoms with E-state index in [-0.39, 0.29) is 23.7 Å². The molecule has 0 bridgehead atoms. The van der Waals surface area contributed by atoms with Gasteiger partial charge in [-0.1, -0.05) is 41.0 Å². The summed E-state index contributed by atoms with van der Waals surface area (Å²) in [4.78, 5) is 24.0. The summed E-state index contributed by atoms with van der Waals surface area (Å²) in [6, 6.07) is 15.7. The molecule has 3 amide bonds. The summed E-state index contributed by atoms with van der Waals surface area (Å²) in [7, 11) is 0. The monoisotopic (exact) mass is 412 g/mol. The second-order valence-corrected chi connectivity index (χ2v) is 7.16. The molecule has 150 valence electrons. The molecule has 0 aliphatic carbocycles. The van der Waals surface area contributed by atoms with Crippen LogP contribution in [0.25, 0.3) is 11.3 Å². The lowest BCUT2D eigenvalue weighted by Gasteiger charge is -2.10. The molecule has 8 heteroatoms. The Morgan fingerprint density at radius 1 is 1.10 bits per heavy atom. The topological polar surface area (TPSA) is 96.3 Å². The van der Waals surface area contributed by atoms with Gasteiger partial charge in [0.2, 0.25) is 0 Å². The molecular weight excluding hydrogens is 392 g/mol. The fourth-order valence-electron chi connectivity index (χ4n) is 2.57. The van der Waals surface area contributed by atoms with E-state index in [2.05, 4.69) is 21.1 Å². The third kappa shape index (κ3) is 5.83. The minimum Gasteiger partial charge on any atom is -0.355 e. The Hall–Kier alpha value is -3.32. The first-order valence-electron chi connectivity index (χ1n) is 9.08. The normalized spacial score (nSPS) is 10.6. The molecule has 0 atom stereocenters. The molecular formula is C21H21ClN4O3. The number of hydrogen-bond donors (Lipinski definition) is 3. The second kappa shape index (κ2) is 9.25. The second-order valence-electron chi connectivity index (χ2n) is 6.72. The summed E-state index contributed by atoms with van der Waals surface area (Å²) in [6.45, 7) is 4.09. The standard InChI is InChI=1S/C21H21ClN4O3/c1-13(2)24-21(28)25-17-8-6-14(7-9-17)12-23-20(27)18-11-19(29-26-18)15-4-3-5-16(22)10-15/h3-11,13H,12H2,1-2H3,(H,23,27)(H2,24,25,28). The summed E-state index contributed by atoms with van der Waals surface area (Å²) >= 11 is 5.97. The van der Waals surface area contributed by atoms with Crippen LogP contribution in [-0.2, 0) is 6.54 Å². The maximum absolute atomic E-state index is 12.3. The summed E-state index contributed by atoms with van der Waals surface area (Å²) in [5, 5.41) is 12.7. The first-order valence-corrected chi connectivity index (χ1v) is 9.46. The number of carbonyl (C=O) groups is 2. The number of halogens is 1. The highest BCUT2D eigenvalue weighted by molar-refractivity contribution is 6.30. The van der Waals surface area contributed by atoms with Crippen LogP contribution in [0.3, 0.4) is 0 Å². The SMILES string of the molecule is CC(C)NC(=O)Nc1ccc(CNC(=O)c2cc(-c3cccc(Cl)c3)on2)cc1. The zero-order chi connectivity index (χ0) is 20.8. The Kier molecular flexibility index (Phi) is 6.51. The summed E-state index contributed by atoms with van der Waals surface area (Å²) in [5.41, 5.74) is 2.48. The molecule has 0 fully saturated rings. The van der Waals surface area contributed by atoms with Gasteiger partial charge in [0.25, 0.3) is 5.91 Å². The fourth-order valence-corrected chi connectivity index (χ4v) is 2.76. The minimum atomic E-state index is -0.347. The van der Waals surface area contributed by atoms with Gasteiger partial charge in [-0.2, -0.15) is 0 Å². The van der Waals surface area contributed by atoms with Gasteiger partial charge in [-0.15, -0.1) is 0 Å². The summed E-state index contributed by atoms with van der Waals surface area (Å²) < 4.78 is 5.24. The van der Waals surface area contributed by atoms with Crippen molar-refractivity contribution in [2.75, 3.05) is 5.32 Å². The Labute approximate surface area is 173 Å². The van der Waals surface area contributed by atoms with Crippen molar-refractivity contribution in [3.8, 4) is 11.3 Å². The predicted molar refractivity (Wildman–Crippen MR) is 112 cm³/mol. The third-order valence-electron chi connectivity index (χ3n) is 3.94. The average Bonchev–Trinajstić information content (AvgIpc) is 3.17. The van der Waals surface area contributed by atoms with Crippen molar-refractivity contribution in [1.29, 1.82) is 0 Å². The van der Waals surface area contributed by atoms with Crippen molar-refractivity contribution < 1.29 is 14.1 Å². The molecule has 0 spiro atoms. The Bertz CT molecular complexity index is 999. The number of carbonyl (C=O) groups excluding carboxylic acids is 2. The van der Waals surface area contributed by atoms with E-state index in [1.165, 1.54) is 0 Å². The molecule has 1 aromatic heterocycles. The molecule has 0 saturated carbocycles. The Morgan fingerprint density at radius 3 is 2.55 bits per heavy atom. The van der Waals surface area contributed by atoms with Gasteiger partial charge in [-0.3, -0.25) is 4.79 Å². The van der Waals surface area contributed by atoms with E-state index in [4.69, 9.17) is 16.1 Å². The Morgan fingerprint density at radius 2 is 1.86 bits per heavy atom. The van der Waals surface area contributed by atoms with Gasteiger partial charge >= 0.3 is 6.03 Å². The van der Waals surface area contributed by atoms with Crippen molar-refractivity contribution in [3.63, 3.8) is 0 Å². The Balaban J connectivity index is 1.55. The lowest BCUT2D eigenvalue weighted by molar-refractivity contribution is 0.0942. The lowest BCUT2D eigenvalue weighted by Crippen LogP contribution is -2.34. The highest BCUT2D eigenvalue weighted by Gasteiger charge is 2.14. The molecule has 3 aromatic rings. The first kappa shape index (κ1) is 20.4. The van der Waals surface area contributed by atoms with Gasteiger partial charge in [0, 0.05) is 34.9 Å². The van der Waals surface area contributed by atoms with Crippen LogP contribution in [0.4, 0.5) is 10.5 Å². The molecule has 0 saturated heterocycles. The maximum atomic E-state index is 12.3. The third-order valence-corrected chi connectivity index (χ3v) is 4.17. The average molecular weight is 413 g/mol. The molecule has 0 radical (unpaired) electrons. The zero-order valence-corrected chi connectivity index (χ0v) is 16.8. The molecule has 1 heterocycles. The first-order chi connectivity index (χ1) is 13.9. The van der Waals surface area contributed by atoms with Gasteiger partial charge in [-0.25, -0.2) is 4.79 Å². The quantitative estimate of drug-likeness (QED) is 0.557. The highest BCUT2D eigenvalue weighted by atomic mass is 35.5. The van der Waals surface area contributed by atoms with Crippen LogP contribution >= 0.6 is 11.6 Å². The molecule has 7 nitrogen and oxygen atoms in total. The van der Waals surface area contributed by atoms with Gasteiger partial charge in [0.1, 0.15) is 0 Å². The van der Waals surface area contributed by atoms with Crippen molar-refractivity contribution in [1.82, 2.24) is 15.8 Å². The summed E-state index contributed by atoms with van der Waals surface area (Å²) in [5.74, 6) is 0.119. The molecule has 29 heavy (non-hydrogen) atoms. The molecule has 0 unspecified atom stereocenters. The van der Waals surface area contributed by atoms with Crippen molar-refractivity contribution in [2.45, 2.75) is 26.4 Å². The smallest absolute Gasteiger partial charge is 0.319 e. The van der Waals surface area contributed by atoms with E-state index < -0.39 is 0 Å². The van der Waals surface area contributed by atoms with E-state index in [1.54, 1.807) is 36.4 Å². The molecule has 2 aromatic carbocycles. The molecule has 0 aliphatic heterocycles. The number of nitrogens with zero attached hydrogens (tertiary/aromatic N) is 1. The molecule has 3 rings (SSSR count). The van der Waals surface area contributed by atoms with E-state index in [1.807, 2.05) is 32.0 Å². The zero-order valence-electron chi connectivity index (χ0n) is 16.0. The van der Waals surface area contributed by atoms with Crippen molar-refractivity contribution in [2.24, 2.45) is 0 Å². The van der Waals surface area contributed by atoms with Crippen molar-refractivity contribution >= 4 is 29.2 Å². The minimum absolute atomic E-state index is 0.0559. The predicted octanol–water partition coefficient (Wildman–Crippen LogP) is 4.45. The molecule has 0 aliphatic rings. The van der Waals surface area contributed by atoms with Gasteiger partial charge in [-0.05, 0) is 43.7 Å². The largest absolute Gasteiger partial charge is 0.355 e. The van der Waals surface area contributed by atoms with Crippen molar-refractivity contribution in [3.05, 3.63) is 70.9 Å². The summed E-state index contributed by atoms with van der Waals surface area (Å²) in [6.07, 6.45) is 0. The molecule has 3 N–H and O–H groups in total. The number of urea groups is 1.